The number of benzene rings is 2. The van der Waals surface area contributed by atoms with Gasteiger partial charge >= 0.3 is 5.97 Å². The van der Waals surface area contributed by atoms with E-state index in [4.69, 9.17) is 0 Å². The predicted octanol–water partition coefficient (Wildman–Crippen LogP) is 2.69. The highest BCUT2D eigenvalue weighted by Gasteiger charge is 2.05. The molecule has 16 heavy (non-hydrogen) atoms. The molecule has 0 bridgehead atoms. The van der Waals surface area contributed by atoms with Crippen molar-refractivity contribution in [2.24, 2.45) is 0 Å². The monoisotopic (exact) mass is 218 g/mol. The van der Waals surface area contributed by atoms with Crippen LogP contribution >= 0.6 is 0 Å². The Morgan fingerprint density at radius 2 is 2.12 bits per heavy atom. The number of fused-ring (bicyclic) bond motifs is 1. The fourth-order valence-corrected chi connectivity index (χ4v) is 1.63. The number of methoxy groups -OCH3 is 1. The molecule has 2 aromatic carbocycles. The number of carbonyl (C=O) groups is 1. The second-order valence-corrected chi connectivity index (χ2v) is 3.55. The van der Waals surface area contributed by atoms with E-state index in [1.807, 2.05) is 6.07 Å². The zero-order chi connectivity index (χ0) is 11.5. The van der Waals surface area contributed by atoms with Gasteiger partial charge in [-0.05, 0) is 23.1 Å². The third kappa shape index (κ3) is 2.03. The zero-order valence-electron chi connectivity index (χ0n) is 8.87. The van der Waals surface area contributed by atoms with E-state index in [0.29, 0.717) is 5.39 Å². The van der Waals surface area contributed by atoms with E-state index in [1.54, 1.807) is 24.3 Å². The number of ether oxygens (including phenoxy) is 1. The van der Waals surface area contributed by atoms with Crippen molar-refractivity contribution in [2.45, 2.75) is 6.42 Å². The predicted molar refractivity (Wildman–Crippen MR) is 59.6 cm³/mol. The van der Waals surface area contributed by atoms with Crippen molar-refractivity contribution in [3.05, 3.63) is 47.8 Å². The first-order valence-electron chi connectivity index (χ1n) is 4.94. The molecule has 0 aromatic heterocycles. The molecule has 3 heteroatoms. The molecule has 0 amide bonds. The lowest BCUT2D eigenvalue weighted by molar-refractivity contribution is -0.139. The molecule has 0 unspecified atom stereocenters. The highest BCUT2D eigenvalue weighted by atomic mass is 19.1. The zero-order valence-corrected chi connectivity index (χ0v) is 8.87. The van der Waals surface area contributed by atoms with Crippen LogP contribution in [0.1, 0.15) is 5.56 Å². The highest BCUT2D eigenvalue weighted by molar-refractivity contribution is 5.85. The molecule has 0 aliphatic heterocycles. The van der Waals surface area contributed by atoms with Crippen molar-refractivity contribution in [2.75, 3.05) is 7.11 Å². The lowest BCUT2D eigenvalue weighted by Crippen LogP contribution is -2.04. The molecule has 82 valence electrons. The molecule has 0 saturated carbocycles. The molecule has 2 aromatic rings. The maximum absolute atomic E-state index is 13.5. The van der Waals surface area contributed by atoms with Crippen molar-refractivity contribution in [1.82, 2.24) is 0 Å². The minimum atomic E-state index is -0.323. The Hall–Kier alpha value is -1.90. The minimum absolute atomic E-state index is 0.167. The maximum Gasteiger partial charge on any atom is 0.309 e. The van der Waals surface area contributed by atoms with Gasteiger partial charge < -0.3 is 4.74 Å². The van der Waals surface area contributed by atoms with Crippen molar-refractivity contribution < 1.29 is 13.9 Å². The molecule has 0 aliphatic rings. The van der Waals surface area contributed by atoms with Crippen molar-refractivity contribution in [3.63, 3.8) is 0 Å². The molecule has 0 heterocycles. The topological polar surface area (TPSA) is 26.3 Å². The molecule has 0 N–H and O–H groups in total. The summed E-state index contributed by atoms with van der Waals surface area (Å²) in [6, 6.07) is 10.2. The van der Waals surface area contributed by atoms with Crippen LogP contribution in [0.15, 0.2) is 36.4 Å². The number of halogens is 1. The van der Waals surface area contributed by atoms with Gasteiger partial charge in [0.05, 0.1) is 13.5 Å². The van der Waals surface area contributed by atoms with E-state index in [1.165, 1.54) is 13.2 Å². The molecule has 0 fully saturated rings. The van der Waals surface area contributed by atoms with Crippen molar-refractivity contribution in [1.29, 1.82) is 0 Å². The van der Waals surface area contributed by atoms with E-state index in [-0.39, 0.29) is 18.2 Å². The summed E-state index contributed by atoms with van der Waals surface area (Å²) < 4.78 is 18.0. The van der Waals surface area contributed by atoms with Gasteiger partial charge in [-0.3, -0.25) is 4.79 Å². The van der Waals surface area contributed by atoms with Crippen LogP contribution in [0, 0.1) is 5.82 Å². The number of rotatable bonds is 2. The normalized spacial score (nSPS) is 10.4. The van der Waals surface area contributed by atoms with Crippen LogP contribution in [0.3, 0.4) is 0 Å². The molecule has 0 saturated heterocycles. The summed E-state index contributed by atoms with van der Waals surface area (Å²) in [5.41, 5.74) is 0.754. The summed E-state index contributed by atoms with van der Waals surface area (Å²) in [5, 5.41) is 1.36. The summed E-state index contributed by atoms with van der Waals surface area (Å²) in [4.78, 5) is 11.1. The second kappa shape index (κ2) is 4.31. The number of hydrogen-bond donors (Lipinski definition) is 0. The summed E-state index contributed by atoms with van der Waals surface area (Å²) in [6.45, 7) is 0. The average Bonchev–Trinajstić information content (AvgIpc) is 2.30. The van der Waals surface area contributed by atoms with E-state index in [0.717, 1.165) is 10.9 Å². The molecule has 0 radical (unpaired) electrons. The fraction of sp³-hybridized carbons (Fsp3) is 0.154. The van der Waals surface area contributed by atoms with Gasteiger partial charge in [-0.1, -0.05) is 24.3 Å². The van der Waals surface area contributed by atoms with E-state index in [2.05, 4.69) is 4.74 Å². The van der Waals surface area contributed by atoms with Crippen LogP contribution in [-0.4, -0.2) is 13.1 Å². The fourth-order valence-electron chi connectivity index (χ4n) is 1.63. The number of hydrogen-bond acceptors (Lipinski definition) is 2. The Kier molecular flexibility index (Phi) is 2.86. The van der Waals surface area contributed by atoms with E-state index < -0.39 is 0 Å². The molecule has 0 spiro atoms. The third-order valence-corrected chi connectivity index (χ3v) is 2.47. The van der Waals surface area contributed by atoms with Crippen LogP contribution in [0.25, 0.3) is 10.8 Å². The van der Waals surface area contributed by atoms with Crippen molar-refractivity contribution >= 4 is 16.7 Å². The van der Waals surface area contributed by atoms with Crippen LogP contribution in [-0.2, 0) is 16.0 Å². The summed E-state index contributed by atoms with van der Waals surface area (Å²) >= 11 is 0. The average molecular weight is 218 g/mol. The summed E-state index contributed by atoms with van der Waals surface area (Å²) in [6.07, 6.45) is 0.167. The van der Waals surface area contributed by atoms with Gasteiger partial charge in [0.1, 0.15) is 5.82 Å². The van der Waals surface area contributed by atoms with Gasteiger partial charge in [0.25, 0.3) is 0 Å². The second-order valence-electron chi connectivity index (χ2n) is 3.55. The molecule has 0 atom stereocenters. The van der Waals surface area contributed by atoms with Gasteiger partial charge in [0, 0.05) is 5.39 Å². The van der Waals surface area contributed by atoms with Crippen LogP contribution in [0.2, 0.25) is 0 Å². The van der Waals surface area contributed by atoms with Gasteiger partial charge in [0.15, 0.2) is 0 Å². The molecule has 2 nitrogen and oxygen atoms in total. The van der Waals surface area contributed by atoms with Crippen LogP contribution in [0.5, 0.6) is 0 Å². The first-order valence-corrected chi connectivity index (χ1v) is 4.94. The van der Waals surface area contributed by atoms with Gasteiger partial charge in [-0.15, -0.1) is 0 Å². The minimum Gasteiger partial charge on any atom is -0.469 e. The number of esters is 1. The van der Waals surface area contributed by atoms with Gasteiger partial charge in [-0.25, -0.2) is 4.39 Å². The molecular weight excluding hydrogens is 207 g/mol. The van der Waals surface area contributed by atoms with E-state index >= 15 is 0 Å². The molecule has 2 rings (SSSR count). The largest absolute Gasteiger partial charge is 0.469 e. The summed E-state index contributed by atoms with van der Waals surface area (Å²) in [7, 11) is 1.34. The van der Waals surface area contributed by atoms with Gasteiger partial charge in [-0.2, -0.15) is 0 Å². The van der Waals surface area contributed by atoms with E-state index in [9.17, 15) is 9.18 Å². The third-order valence-electron chi connectivity index (χ3n) is 2.47. The smallest absolute Gasteiger partial charge is 0.309 e. The maximum atomic E-state index is 13.5. The standard InChI is InChI=1S/C13H11FO2/c1-16-13(15)8-9-5-6-10-3-2-4-12(14)11(10)7-9/h2-7H,8H2,1H3. The lowest BCUT2D eigenvalue weighted by atomic mass is 10.0. The quantitative estimate of drug-likeness (QED) is 0.724. The first-order chi connectivity index (χ1) is 7.70. The molecular formula is C13H11FO2. The Morgan fingerprint density at radius 1 is 1.31 bits per heavy atom. The Labute approximate surface area is 92.6 Å². The Bertz CT molecular complexity index is 534. The Morgan fingerprint density at radius 3 is 2.88 bits per heavy atom. The Balaban J connectivity index is 2.43. The number of carbonyl (C=O) groups excluding carboxylic acids is 1. The molecule has 0 aliphatic carbocycles. The van der Waals surface area contributed by atoms with Crippen LogP contribution < -0.4 is 0 Å². The lowest BCUT2D eigenvalue weighted by Gasteiger charge is -2.03. The van der Waals surface area contributed by atoms with Gasteiger partial charge in [0.2, 0.25) is 0 Å². The van der Waals surface area contributed by atoms with Crippen molar-refractivity contribution in [3.8, 4) is 0 Å². The van der Waals surface area contributed by atoms with Crippen LogP contribution in [0.4, 0.5) is 4.39 Å². The SMILES string of the molecule is COC(=O)Cc1ccc2cccc(F)c2c1. The highest BCUT2D eigenvalue weighted by Crippen LogP contribution is 2.19. The first kappa shape index (κ1) is 10.6. The summed E-state index contributed by atoms with van der Waals surface area (Å²) in [5.74, 6) is -0.597.